The highest BCUT2D eigenvalue weighted by molar-refractivity contribution is 7.99. The fourth-order valence-corrected chi connectivity index (χ4v) is 11.7. The lowest BCUT2D eigenvalue weighted by molar-refractivity contribution is -0.301. The maximum Gasteiger partial charge on any atom is 0.303 e. The second-order valence-corrected chi connectivity index (χ2v) is 17.1. The van der Waals surface area contributed by atoms with Gasteiger partial charge in [-0.2, -0.15) is 0 Å². The van der Waals surface area contributed by atoms with Crippen molar-refractivity contribution in [2.24, 2.45) is 34.0 Å². The van der Waals surface area contributed by atoms with Crippen molar-refractivity contribution in [2.45, 2.75) is 117 Å². The van der Waals surface area contributed by atoms with Gasteiger partial charge in [0.15, 0.2) is 6.10 Å². The molecular formula is C42H56O10S. The molecule has 1 aromatic rings. The smallest absolute Gasteiger partial charge is 0.303 e. The van der Waals surface area contributed by atoms with Crippen molar-refractivity contribution >= 4 is 41.2 Å². The molecule has 5 rings (SSSR count). The van der Waals surface area contributed by atoms with E-state index < -0.39 is 87.9 Å². The van der Waals surface area contributed by atoms with Crippen molar-refractivity contribution in [1.29, 1.82) is 0 Å². The molecule has 1 aliphatic heterocycles. The topological polar surface area (TPSA) is 135 Å². The largest absolute Gasteiger partial charge is 0.462 e. The van der Waals surface area contributed by atoms with Crippen LogP contribution in [0.3, 0.4) is 0 Å². The summed E-state index contributed by atoms with van der Waals surface area (Å²) in [5.41, 5.74) is -1.95. The molecule has 290 valence electrons. The van der Waals surface area contributed by atoms with E-state index in [1.165, 1.54) is 27.7 Å². The lowest BCUT2D eigenvalue weighted by Crippen LogP contribution is -2.76. The summed E-state index contributed by atoms with van der Waals surface area (Å²) in [5, 5.41) is 13.2. The van der Waals surface area contributed by atoms with Crippen molar-refractivity contribution in [3.63, 3.8) is 0 Å². The minimum Gasteiger partial charge on any atom is -0.462 e. The number of allylic oxidation sites excluding steroid dienone is 2. The summed E-state index contributed by atoms with van der Waals surface area (Å²) in [6.07, 6.45) is 4.89. The van der Waals surface area contributed by atoms with Gasteiger partial charge in [-0.25, -0.2) is 0 Å². The molecular weight excluding hydrogens is 697 g/mol. The number of ether oxygens (including phenoxy) is 5. The summed E-state index contributed by atoms with van der Waals surface area (Å²) in [4.78, 5) is 53.0. The van der Waals surface area contributed by atoms with Gasteiger partial charge in [0.05, 0.1) is 18.6 Å². The third-order valence-corrected chi connectivity index (χ3v) is 13.6. The van der Waals surface area contributed by atoms with Crippen LogP contribution in [0.4, 0.5) is 0 Å². The normalized spacial score (nSPS) is 37.0. The zero-order chi connectivity index (χ0) is 39.1. The zero-order valence-electron chi connectivity index (χ0n) is 32.7. The molecule has 1 heterocycles. The molecule has 0 spiro atoms. The monoisotopic (exact) mass is 752 g/mol. The number of fused-ring (bicyclic) bond motifs is 5. The Morgan fingerprint density at radius 3 is 2.28 bits per heavy atom. The highest BCUT2D eigenvalue weighted by atomic mass is 32.2. The van der Waals surface area contributed by atoms with Gasteiger partial charge in [0.1, 0.15) is 23.9 Å². The summed E-state index contributed by atoms with van der Waals surface area (Å²) in [7, 11) is 0. The number of carbonyl (C=O) groups excluding carboxylic acids is 4. The Morgan fingerprint density at radius 2 is 1.66 bits per heavy atom. The number of aliphatic hydroxyl groups is 1. The minimum atomic E-state index is -1.50. The molecule has 1 aromatic carbocycles. The fourth-order valence-electron chi connectivity index (χ4n) is 10.8. The molecule has 0 amide bonds. The fraction of sp³-hybridized carbons (Fsp3) is 0.619. The first-order valence-corrected chi connectivity index (χ1v) is 19.6. The summed E-state index contributed by atoms with van der Waals surface area (Å²) >= 11 is 1.73. The van der Waals surface area contributed by atoms with Gasteiger partial charge in [-0.1, -0.05) is 51.1 Å². The number of esters is 4. The highest BCUT2D eigenvalue weighted by Crippen LogP contribution is 2.72. The number of benzene rings is 1. The van der Waals surface area contributed by atoms with Crippen molar-refractivity contribution in [3.05, 3.63) is 59.7 Å². The van der Waals surface area contributed by atoms with Crippen LogP contribution in [-0.4, -0.2) is 78.0 Å². The van der Waals surface area contributed by atoms with Crippen LogP contribution < -0.4 is 0 Å². The molecule has 0 saturated heterocycles. The first-order valence-electron chi connectivity index (χ1n) is 18.6. The van der Waals surface area contributed by atoms with Gasteiger partial charge in [-0.15, -0.1) is 11.8 Å². The van der Waals surface area contributed by atoms with Crippen LogP contribution in [-0.2, 0) is 42.9 Å². The quantitative estimate of drug-likeness (QED) is 0.122. The van der Waals surface area contributed by atoms with Crippen LogP contribution in [0.5, 0.6) is 0 Å². The lowest BCUT2D eigenvalue weighted by Gasteiger charge is -2.70. The van der Waals surface area contributed by atoms with Gasteiger partial charge >= 0.3 is 23.9 Å². The van der Waals surface area contributed by atoms with E-state index in [0.717, 1.165) is 21.8 Å². The Morgan fingerprint density at radius 1 is 1.00 bits per heavy atom. The Kier molecular flexibility index (Phi) is 11.8. The molecule has 11 heteroatoms. The van der Waals surface area contributed by atoms with Gasteiger partial charge in [0, 0.05) is 49.8 Å². The van der Waals surface area contributed by atoms with Crippen molar-refractivity contribution in [1.82, 2.24) is 0 Å². The third kappa shape index (κ3) is 7.02. The molecule has 4 unspecified atom stereocenters. The zero-order valence-corrected chi connectivity index (χ0v) is 33.5. The van der Waals surface area contributed by atoms with Crippen LogP contribution in [0.25, 0.3) is 5.57 Å². The van der Waals surface area contributed by atoms with Crippen LogP contribution in [0.1, 0.15) is 87.6 Å². The van der Waals surface area contributed by atoms with Crippen molar-refractivity contribution < 1.29 is 48.0 Å². The summed E-state index contributed by atoms with van der Waals surface area (Å²) in [6.45, 7) is 17.5. The average molecular weight is 753 g/mol. The van der Waals surface area contributed by atoms with Crippen LogP contribution in [0.2, 0.25) is 0 Å². The number of thioether (sulfide) groups is 1. The van der Waals surface area contributed by atoms with Crippen molar-refractivity contribution in [2.75, 3.05) is 19.0 Å². The van der Waals surface area contributed by atoms with E-state index in [9.17, 15) is 24.3 Å². The second-order valence-electron chi connectivity index (χ2n) is 15.8. The third-order valence-electron chi connectivity index (χ3n) is 12.7. The maximum atomic E-state index is 13.2. The van der Waals surface area contributed by atoms with E-state index in [2.05, 4.69) is 32.1 Å². The van der Waals surface area contributed by atoms with E-state index >= 15 is 0 Å². The molecule has 0 radical (unpaired) electrons. The summed E-state index contributed by atoms with van der Waals surface area (Å²) in [6, 6.07) is 8.13. The lowest BCUT2D eigenvalue weighted by atomic mass is 9.36. The van der Waals surface area contributed by atoms with Crippen LogP contribution in [0, 0.1) is 34.0 Å². The van der Waals surface area contributed by atoms with Crippen LogP contribution in [0.15, 0.2) is 59.0 Å². The van der Waals surface area contributed by atoms with Gasteiger partial charge < -0.3 is 28.8 Å². The van der Waals surface area contributed by atoms with Gasteiger partial charge in [-0.05, 0) is 85.6 Å². The number of hydrogen-bond donors (Lipinski definition) is 1. The molecule has 1 N–H and O–H groups in total. The molecule has 11 atom stereocenters. The van der Waals surface area contributed by atoms with E-state index in [4.69, 9.17) is 23.7 Å². The van der Waals surface area contributed by atoms with E-state index in [1.54, 1.807) is 18.7 Å². The van der Waals surface area contributed by atoms with Gasteiger partial charge in [0.25, 0.3) is 0 Å². The van der Waals surface area contributed by atoms with E-state index in [1.807, 2.05) is 51.1 Å². The Labute approximate surface area is 318 Å². The molecule has 0 aromatic heterocycles. The average Bonchev–Trinajstić information content (AvgIpc) is 3.30. The Bertz CT molecular complexity index is 1700. The molecule has 3 aliphatic carbocycles. The number of hydrogen-bond acceptors (Lipinski definition) is 11. The number of rotatable bonds is 9. The number of carbonyl (C=O) groups is 4. The first kappa shape index (κ1) is 40.8. The van der Waals surface area contributed by atoms with Gasteiger partial charge in [-0.3, -0.25) is 19.2 Å². The van der Waals surface area contributed by atoms with E-state index in [-0.39, 0.29) is 13.2 Å². The van der Waals surface area contributed by atoms with E-state index in [0.29, 0.717) is 18.4 Å². The Hall–Kier alpha value is -3.41. The Balaban J connectivity index is 1.82. The summed E-state index contributed by atoms with van der Waals surface area (Å²) in [5.74, 6) is -2.94. The molecule has 2 fully saturated rings. The summed E-state index contributed by atoms with van der Waals surface area (Å²) < 4.78 is 31.0. The minimum absolute atomic E-state index is 0.0463. The first-order chi connectivity index (χ1) is 24.9. The predicted octanol–water partition coefficient (Wildman–Crippen LogP) is 6.88. The molecule has 0 bridgehead atoms. The standard InChI is InChI=1S/C42H56O10S/c1-11-53-32-16-13-12-15-31(32)24(2)22-42(47)25(3)21-35(50-28(6)44)40(10)34(42)18-19-39(9)33-17-14-20-48-23-41(33,26(4)49-27(5)43)38(52-30(8)46)36(37(39)40)51-29(7)45/h12-17,21-22,26,33-38,47H,11,18-20,23H2,1-10H3/b24-22-/t26?,33?,34?,35-,36+,37?,38+,39+,40-,41-,42+/m1/s1. The maximum absolute atomic E-state index is 13.2. The highest BCUT2D eigenvalue weighted by Gasteiger charge is 2.76. The van der Waals surface area contributed by atoms with Gasteiger partial charge in [0.2, 0.25) is 0 Å². The molecule has 2 saturated carbocycles. The van der Waals surface area contributed by atoms with Crippen LogP contribution >= 0.6 is 11.8 Å². The second kappa shape index (κ2) is 15.4. The molecule has 53 heavy (non-hydrogen) atoms. The predicted molar refractivity (Wildman–Crippen MR) is 201 cm³/mol. The molecule has 4 aliphatic rings. The van der Waals surface area contributed by atoms with Crippen molar-refractivity contribution in [3.8, 4) is 0 Å². The molecule has 10 nitrogen and oxygen atoms in total. The SMILES string of the molecule is CCSc1ccccc1/C(C)=C\[C@]1(O)C(C)=C[C@@H](OC(C)=O)[C@]2(C)C3[C@H](OC(C)=O)[C@H](OC(C)=O)[C@@]4(C(C)OC(C)=O)COCC=CC4[C@]3(C)CCC21.